The molecule has 0 radical (unpaired) electrons. The number of hydrogen-bond donors (Lipinski definition) is 2. The molecule has 22 heavy (non-hydrogen) atoms. The van der Waals surface area contributed by atoms with Gasteiger partial charge >= 0.3 is 0 Å². The predicted molar refractivity (Wildman–Crippen MR) is 89.0 cm³/mol. The van der Waals surface area contributed by atoms with Gasteiger partial charge in [-0.05, 0) is 11.4 Å². The molecule has 2 aromatic rings. The van der Waals surface area contributed by atoms with Crippen molar-refractivity contribution >= 4 is 28.6 Å². The summed E-state index contributed by atoms with van der Waals surface area (Å²) in [4.78, 5) is 19.4. The third-order valence-electron chi connectivity index (χ3n) is 3.42. The largest absolute Gasteiger partial charge is 0.396 e. The summed E-state index contributed by atoms with van der Waals surface area (Å²) in [5.74, 6) is -0.0730. The van der Waals surface area contributed by atoms with Gasteiger partial charge in [-0.1, -0.05) is 13.0 Å². The van der Waals surface area contributed by atoms with Gasteiger partial charge in [-0.15, -0.1) is 22.7 Å². The highest BCUT2D eigenvalue weighted by Gasteiger charge is 2.26. The summed E-state index contributed by atoms with van der Waals surface area (Å²) in [6.07, 6.45) is 0.227. The van der Waals surface area contributed by atoms with Crippen LogP contribution in [0.15, 0.2) is 22.9 Å². The number of thiophene rings is 1. The van der Waals surface area contributed by atoms with Crippen molar-refractivity contribution in [2.45, 2.75) is 13.3 Å². The van der Waals surface area contributed by atoms with Gasteiger partial charge in [0.2, 0.25) is 5.91 Å². The topological polar surface area (TPSA) is 73.7 Å². The van der Waals surface area contributed by atoms with Gasteiger partial charge in [0.25, 0.3) is 0 Å². The second kappa shape index (κ2) is 7.32. The van der Waals surface area contributed by atoms with Crippen LogP contribution in [0.3, 0.4) is 0 Å². The monoisotopic (exact) mass is 340 g/mol. The zero-order chi connectivity index (χ0) is 16.2. The normalized spacial score (nSPS) is 11.6. The molecule has 2 N–H and O–H groups in total. The van der Waals surface area contributed by atoms with E-state index in [2.05, 4.69) is 4.98 Å². The van der Waals surface area contributed by atoms with E-state index in [-0.39, 0.29) is 25.5 Å². The van der Waals surface area contributed by atoms with Gasteiger partial charge in [0.1, 0.15) is 5.01 Å². The average Bonchev–Trinajstić information content (AvgIpc) is 3.17. The second-order valence-corrected chi connectivity index (χ2v) is 7.48. The Labute approximate surface area is 137 Å². The Morgan fingerprint density at radius 1 is 1.36 bits per heavy atom. The molecule has 0 fully saturated rings. The number of rotatable bonds is 7. The van der Waals surface area contributed by atoms with E-state index in [9.17, 15) is 15.0 Å². The SMILES string of the molecule is CN(CC(C)(CO)CO)C(=O)Cc1csc(-c2cccs2)n1. The van der Waals surface area contributed by atoms with Crippen molar-refractivity contribution < 1.29 is 15.0 Å². The number of aliphatic hydroxyl groups excluding tert-OH is 2. The van der Waals surface area contributed by atoms with E-state index in [1.54, 1.807) is 25.3 Å². The summed E-state index contributed by atoms with van der Waals surface area (Å²) in [6, 6.07) is 3.99. The van der Waals surface area contributed by atoms with Crippen LogP contribution in [0.5, 0.6) is 0 Å². The fourth-order valence-corrected chi connectivity index (χ4v) is 3.64. The molecular weight excluding hydrogens is 320 g/mol. The van der Waals surface area contributed by atoms with Gasteiger partial charge in [0, 0.05) is 24.4 Å². The summed E-state index contributed by atoms with van der Waals surface area (Å²) >= 11 is 3.16. The lowest BCUT2D eigenvalue weighted by Crippen LogP contribution is -2.42. The fourth-order valence-electron chi connectivity index (χ4n) is 2.00. The molecule has 1 amide bonds. The van der Waals surface area contributed by atoms with E-state index >= 15 is 0 Å². The number of aromatic nitrogens is 1. The smallest absolute Gasteiger partial charge is 0.228 e. The maximum atomic E-state index is 12.2. The highest BCUT2D eigenvalue weighted by Crippen LogP contribution is 2.28. The van der Waals surface area contributed by atoms with Crippen LogP contribution in [0.2, 0.25) is 0 Å². The first-order valence-electron chi connectivity index (χ1n) is 6.91. The van der Waals surface area contributed by atoms with Gasteiger partial charge in [-0.2, -0.15) is 0 Å². The van der Waals surface area contributed by atoms with Crippen LogP contribution in [-0.4, -0.2) is 52.8 Å². The first kappa shape index (κ1) is 17.1. The van der Waals surface area contributed by atoms with Gasteiger partial charge in [0.05, 0.1) is 30.2 Å². The Kier molecular flexibility index (Phi) is 5.69. The van der Waals surface area contributed by atoms with Crippen LogP contribution in [-0.2, 0) is 11.2 Å². The average molecular weight is 340 g/mol. The van der Waals surface area contributed by atoms with Crippen molar-refractivity contribution in [1.82, 2.24) is 9.88 Å². The molecule has 0 bridgehead atoms. The van der Waals surface area contributed by atoms with E-state index in [0.29, 0.717) is 6.54 Å². The molecular formula is C15H20N2O3S2. The van der Waals surface area contributed by atoms with Crippen molar-refractivity contribution in [1.29, 1.82) is 0 Å². The Balaban J connectivity index is 1.97. The lowest BCUT2D eigenvalue weighted by Gasteiger charge is -2.30. The minimum absolute atomic E-state index is 0.0730. The molecule has 2 rings (SSSR count). The summed E-state index contributed by atoms with van der Waals surface area (Å²) in [5, 5.41) is 23.4. The Morgan fingerprint density at radius 3 is 2.68 bits per heavy atom. The minimum atomic E-state index is -0.686. The molecule has 5 nitrogen and oxygen atoms in total. The summed E-state index contributed by atoms with van der Waals surface area (Å²) in [6.45, 7) is 1.72. The van der Waals surface area contributed by atoms with Gasteiger partial charge < -0.3 is 15.1 Å². The van der Waals surface area contributed by atoms with Gasteiger partial charge in [0.15, 0.2) is 0 Å². The molecule has 0 aromatic carbocycles. The van der Waals surface area contributed by atoms with Crippen LogP contribution >= 0.6 is 22.7 Å². The Hall–Kier alpha value is -1.28. The number of amides is 1. The lowest BCUT2D eigenvalue weighted by molar-refractivity contribution is -0.131. The molecule has 0 spiro atoms. The number of carbonyl (C=O) groups excluding carboxylic acids is 1. The van der Waals surface area contributed by atoms with Crippen molar-refractivity contribution in [3.8, 4) is 9.88 Å². The van der Waals surface area contributed by atoms with Crippen LogP contribution in [0, 0.1) is 5.41 Å². The maximum Gasteiger partial charge on any atom is 0.228 e. The van der Waals surface area contributed by atoms with E-state index in [4.69, 9.17) is 0 Å². The molecule has 0 aliphatic heterocycles. The Morgan fingerprint density at radius 2 is 2.09 bits per heavy atom. The van der Waals surface area contributed by atoms with Crippen molar-refractivity contribution in [2.75, 3.05) is 26.8 Å². The molecule has 0 aliphatic rings. The molecule has 0 atom stereocenters. The van der Waals surface area contributed by atoms with E-state index < -0.39 is 5.41 Å². The number of carbonyl (C=O) groups is 1. The van der Waals surface area contributed by atoms with Crippen LogP contribution in [0.1, 0.15) is 12.6 Å². The third-order valence-corrected chi connectivity index (χ3v) is 5.35. The first-order chi connectivity index (χ1) is 10.5. The summed E-state index contributed by atoms with van der Waals surface area (Å²) < 4.78 is 0. The molecule has 2 aromatic heterocycles. The third kappa shape index (κ3) is 4.13. The van der Waals surface area contributed by atoms with Crippen LogP contribution in [0.25, 0.3) is 9.88 Å². The van der Waals surface area contributed by atoms with Crippen LogP contribution < -0.4 is 0 Å². The highest BCUT2D eigenvalue weighted by molar-refractivity contribution is 7.20. The van der Waals surface area contributed by atoms with Crippen LogP contribution in [0.4, 0.5) is 0 Å². The fraction of sp³-hybridized carbons (Fsp3) is 0.467. The van der Waals surface area contributed by atoms with E-state index in [0.717, 1.165) is 15.6 Å². The second-order valence-electron chi connectivity index (χ2n) is 5.67. The number of aliphatic hydroxyl groups is 2. The number of thiazole rings is 1. The molecule has 0 aliphatic carbocycles. The number of hydrogen-bond acceptors (Lipinski definition) is 6. The summed E-state index contributed by atoms with van der Waals surface area (Å²) in [7, 11) is 1.68. The Bertz CT molecular complexity index is 606. The zero-order valence-corrected chi connectivity index (χ0v) is 14.3. The maximum absolute atomic E-state index is 12.2. The quantitative estimate of drug-likeness (QED) is 0.807. The minimum Gasteiger partial charge on any atom is -0.396 e. The molecule has 0 saturated heterocycles. The van der Waals surface area contributed by atoms with E-state index in [1.165, 1.54) is 16.2 Å². The van der Waals surface area contributed by atoms with Crippen molar-refractivity contribution in [3.63, 3.8) is 0 Å². The van der Waals surface area contributed by atoms with Crippen molar-refractivity contribution in [2.24, 2.45) is 5.41 Å². The molecule has 2 heterocycles. The number of nitrogens with zero attached hydrogens (tertiary/aromatic N) is 2. The lowest BCUT2D eigenvalue weighted by atomic mass is 9.92. The molecule has 7 heteroatoms. The molecule has 0 unspecified atom stereocenters. The summed E-state index contributed by atoms with van der Waals surface area (Å²) in [5.41, 5.74) is 0.0641. The molecule has 120 valence electrons. The predicted octanol–water partition coefficient (Wildman–Crippen LogP) is 1.86. The zero-order valence-electron chi connectivity index (χ0n) is 12.7. The van der Waals surface area contributed by atoms with Crippen molar-refractivity contribution in [3.05, 3.63) is 28.6 Å². The van der Waals surface area contributed by atoms with E-state index in [1.807, 2.05) is 22.9 Å². The number of likely N-dealkylation sites (N-methyl/N-ethyl adjacent to an activating group) is 1. The highest BCUT2D eigenvalue weighted by atomic mass is 32.1. The van der Waals surface area contributed by atoms with Gasteiger partial charge in [-0.25, -0.2) is 4.98 Å². The first-order valence-corrected chi connectivity index (χ1v) is 8.67. The van der Waals surface area contributed by atoms with Gasteiger partial charge in [-0.3, -0.25) is 4.79 Å². The standard InChI is InChI=1S/C15H20N2O3S2/c1-15(9-18,10-19)8-17(2)13(20)6-11-7-22-14(16-11)12-4-3-5-21-12/h3-5,7,18-19H,6,8-10H2,1-2H3. The molecule has 0 saturated carbocycles.